The van der Waals surface area contributed by atoms with Crippen molar-refractivity contribution in [2.75, 3.05) is 57.0 Å². The summed E-state index contributed by atoms with van der Waals surface area (Å²) in [5.41, 5.74) is 1.06. The normalized spacial score (nSPS) is 20.3. The van der Waals surface area contributed by atoms with Gasteiger partial charge in [0, 0.05) is 57.8 Å². The second-order valence-corrected chi connectivity index (χ2v) is 9.28. The van der Waals surface area contributed by atoms with Crippen LogP contribution in [0, 0.1) is 5.92 Å². The Labute approximate surface area is 155 Å². The number of piperazine rings is 1. The fourth-order valence-corrected chi connectivity index (χ4v) is 4.40. The van der Waals surface area contributed by atoms with Crippen LogP contribution in [-0.2, 0) is 9.84 Å². The summed E-state index contributed by atoms with van der Waals surface area (Å²) in [7, 11) is -3.15. The van der Waals surface area contributed by atoms with Crippen LogP contribution in [0.15, 0.2) is 29.2 Å². The van der Waals surface area contributed by atoms with Crippen LogP contribution in [-0.4, -0.2) is 81.5 Å². The van der Waals surface area contributed by atoms with Crippen LogP contribution in [0.5, 0.6) is 0 Å². The highest BCUT2D eigenvalue weighted by Gasteiger charge is 2.25. The second kappa shape index (κ2) is 7.84. The average Bonchev–Trinajstić information content (AvgIpc) is 2.62. The molecule has 26 heavy (non-hydrogen) atoms. The second-order valence-electron chi connectivity index (χ2n) is 7.27. The van der Waals surface area contributed by atoms with Gasteiger partial charge in [-0.05, 0) is 43.0 Å². The van der Waals surface area contributed by atoms with Crippen molar-refractivity contribution in [3.05, 3.63) is 24.3 Å². The van der Waals surface area contributed by atoms with E-state index in [1.54, 1.807) is 12.1 Å². The first-order valence-electron chi connectivity index (χ1n) is 9.08. The molecule has 2 saturated heterocycles. The maximum atomic E-state index is 11.6. The molecule has 2 aliphatic rings. The fraction of sp³-hybridized carbons (Fsp3) is 0.611. The first kappa shape index (κ1) is 19.0. The molecular formula is C18H27N3O4S. The van der Waals surface area contributed by atoms with E-state index in [1.165, 1.54) is 11.2 Å². The highest BCUT2D eigenvalue weighted by Crippen LogP contribution is 2.22. The summed E-state index contributed by atoms with van der Waals surface area (Å²) in [5, 5.41) is 9.02. The molecule has 144 valence electrons. The van der Waals surface area contributed by atoms with Crippen molar-refractivity contribution in [2.24, 2.45) is 5.92 Å². The molecule has 0 aromatic heterocycles. The molecule has 0 atom stereocenters. The van der Waals surface area contributed by atoms with Crippen LogP contribution in [0.4, 0.5) is 10.5 Å². The molecule has 0 saturated carbocycles. The molecule has 1 aromatic carbocycles. The molecule has 0 bridgehead atoms. The van der Waals surface area contributed by atoms with E-state index in [1.807, 2.05) is 12.1 Å². The molecule has 0 unspecified atom stereocenters. The van der Waals surface area contributed by atoms with E-state index in [0.717, 1.165) is 51.3 Å². The molecule has 0 spiro atoms. The summed E-state index contributed by atoms with van der Waals surface area (Å²) in [4.78, 5) is 17.6. The number of rotatable bonds is 4. The lowest BCUT2D eigenvalue weighted by Gasteiger charge is -2.39. The zero-order valence-corrected chi connectivity index (χ0v) is 16.0. The number of hydrogen-bond acceptors (Lipinski definition) is 5. The minimum atomic E-state index is -3.15. The highest BCUT2D eigenvalue weighted by atomic mass is 32.2. The Bertz CT molecular complexity index is 719. The van der Waals surface area contributed by atoms with Crippen LogP contribution in [0.1, 0.15) is 12.8 Å². The molecule has 1 N–H and O–H groups in total. The third kappa shape index (κ3) is 4.67. The molecule has 2 heterocycles. The minimum Gasteiger partial charge on any atom is -0.465 e. The fourth-order valence-electron chi connectivity index (χ4n) is 3.76. The Morgan fingerprint density at radius 1 is 1.04 bits per heavy atom. The number of amides is 1. The van der Waals surface area contributed by atoms with Gasteiger partial charge in [-0.25, -0.2) is 13.2 Å². The summed E-state index contributed by atoms with van der Waals surface area (Å²) in [6.45, 7) is 6.13. The number of nitrogens with zero attached hydrogens (tertiary/aromatic N) is 3. The van der Waals surface area contributed by atoms with Gasteiger partial charge in [-0.3, -0.25) is 4.90 Å². The summed E-state index contributed by atoms with van der Waals surface area (Å²) >= 11 is 0. The zero-order valence-electron chi connectivity index (χ0n) is 15.2. The van der Waals surface area contributed by atoms with Crippen molar-refractivity contribution in [1.82, 2.24) is 9.80 Å². The monoisotopic (exact) mass is 381 g/mol. The number of carboxylic acid groups (broad SMARTS) is 1. The van der Waals surface area contributed by atoms with E-state index in [9.17, 15) is 13.2 Å². The number of benzene rings is 1. The summed E-state index contributed by atoms with van der Waals surface area (Å²) < 4.78 is 23.1. The zero-order chi connectivity index (χ0) is 18.7. The van der Waals surface area contributed by atoms with Crippen molar-refractivity contribution in [1.29, 1.82) is 0 Å². The lowest BCUT2D eigenvalue weighted by atomic mass is 9.96. The lowest BCUT2D eigenvalue weighted by molar-refractivity contribution is 0.112. The molecule has 1 amide bonds. The summed E-state index contributed by atoms with van der Waals surface area (Å²) in [6, 6.07) is 7.11. The predicted octanol–water partition coefficient (Wildman–Crippen LogP) is 1.60. The molecule has 8 heteroatoms. The number of sulfone groups is 1. The maximum Gasteiger partial charge on any atom is 0.407 e. The van der Waals surface area contributed by atoms with Gasteiger partial charge in [0.25, 0.3) is 0 Å². The molecule has 0 aliphatic carbocycles. The van der Waals surface area contributed by atoms with Crippen molar-refractivity contribution < 1.29 is 18.3 Å². The van der Waals surface area contributed by atoms with Crippen molar-refractivity contribution in [3.63, 3.8) is 0 Å². The van der Waals surface area contributed by atoms with Gasteiger partial charge in [0.15, 0.2) is 9.84 Å². The number of anilines is 1. The average molecular weight is 381 g/mol. The Hall–Kier alpha value is -1.80. The van der Waals surface area contributed by atoms with Gasteiger partial charge < -0.3 is 14.9 Å². The van der Waals surface area contributed by atoms with Gasteiger partial charge in [-0.2, -0.15) is 0 Å². The molecule has 2 aliphatic heterocycles. The third-order valence-electron chi connectivity index (χ3n) is 5.40. The van der Waals surface area contributed by atoms with Crippen LogP contribution in [0.3, 0.4) is 0 Å². The molecule has 1 aromatic rings. The Balaban J connectivity index is 1.46. The van der Waals surface area contributed by atoms with Gasteiger partial charge in [-0.1, -0.05) is 0 Å². The third-order valence-corrected chi connectivity index (χ3v) is 6.53. The molecule has 0 radical (unpaired) electrons. The SMILES string of the molecule is CS(=O)(=O)c1ccc(N2CCN(CC3CCN(C(=O)O)CC3)CC2)cc1. The minimum absolute atomic E-state index is 0.354. The summed E-state index contributed by atoms with van der Waals surface area (Å²) in [6.07, 6.45) is 2.31. The Kier molecular flexibility index (Phi) is 5.72. The number of piperidine rings is 1. The molecule has 7 nitrogen and oxygen atoms in total. The van der Waals surface area contributed by atoms with Crippen LogP contribution < -0.4 is 4.90 Å². The van der Waals surface area contributed by atoms with Gasteiger partial charge >= 0.3 is 6.09 Å². The van der Waals surface area contributed by atoms with Gasteiger partial charge in [0.2, 0.25) is 0 Å². The van der Waals surface area contributed by atoms with Crippen LogP contribution in [0.2, 0.25) is 0 Å². The topological polar surface area (TPSA) is 81.2 Å². The van der Waals surface area contributed by atoms with E-state index >= 15 is 0 Å². The van der Waals surface area contributed by atoms with Crippen LogP contribution >= 0.6 is 0 Å². The first-order valence-corrected chi connectivity index (χ1v) is 11.0. The lowest BCUT2D eigenvalue weighted by Crippen LogP contribution is -2.49. The summed E-state index contributed by atoms with van der Waals surface area (Å²) in [5.74, 6) is 0.575. The smallest absolute Gasteiger partial charge is 0.407 e. The largest absolute Gasteiger partial charge is 0.465 e. The van der Waals surface area contributed by atoms with E-state index in [2.05, 4.69) is 9.80 Å². The van der Waals surface area contributed by atoms with Crippen molar-refractivity contribution in [3.8, 4) is 0 Å². The van der Waals surface area contributed by atoms with E-state index in [0.29, 0.717) is 23.9 Å². The molecular weight excluding hydrogens is 354 g/mol. The standard InChI is InChI=1S/C18H27N3O4S/c1-26(24,25)17-4-2-16(3-5-17)20-12-10-19(11-13-20)14-15-6-8-21(9-7-15)18(22)23/h2-5,15H,6-14H2,1H3,(H,22,23). The van der Waals surface area contributed by atoms with Gasteiger partial charge in [0.1, 0.15) is 0 Å². The first-order chi connectivity index (χ1) is 12.3. The number of likely N-dealkylation sites (tertiary alicyclic amines) is 1. The van der Waals surface area contributed by atoms with E-state index in [4.69, 9.17) is 5.11 Å². The predicted molar refractivity (Wildman–Crippen MR) is 101 cm³/mol. The van der Waals surface area contributed by atoms with Gasteiger partial charge in [-0.15, -0.1) is 0 Å². The number of hydrogen-bond donors (Lipinski definition) is 1. The maximum absolute atomic E-state index is 11.6. The molecule has 2 fully saturated rings. The number of carbonyl (C=O) groups is 1. The van der Waals surface area contributed by atoms with Crippen molar-refractivity contribution >= 4 is 21.6 Å². The Morgan fingerprint density at radius 2 is 1.62 bits per heavy atom. The van der Waals surface area contributed by atoms with E-state index < -0.39 is 15.9 Å². The molecule has 3 rings (SSSR count). The highest BCUT2D eigenvalue weighted by molar-refractivity contribution is 7.90. The van der Waals surface area contributed by atoms with Crippen molar-refractivity contribution in [2.45, 2.75) is 17.7 Å². The van der Waals surface area contributed by atoms with E-state index in [-0.39, 0.29) is 0 Å². The van der Waals surface area contributed by atoms with Gasteiger partial charge in [0.05, 0.1) is 4.90 Å². The quantitative estimate of drug-likeness (QED) is 0.853. The van der Waals surface area contributed by atoms with Crippen LogP contribution in [0.25, 0.3) is 0 Å². The Morgan fingerprint density at radius 3 is 2.12 bits per heavy atom.